The van der Waals surface area contributed by atoms with Crippen LogP contribution in [0.5, 0.6) is 0 Å². The first-order valence-electron chi connectivity index (χ1n) is 6.83. The molecule has 1 aliphatic carbocycles. The molecule has 0 saturated heterocycles. The minimum absolute atomic E-state index is 0.0915. The van der Waals surface area contributed by atoms with E-state index in [1.54, 1.807) is 24.3 Å². The zero-order valence-electron chi connectivity index (χ0n) is 11.3. The van der Waals surface area contributed by atoms with Crippen molar-refractivity contribution in [3.63, 3.8) is 0 Å². The topological polar surface area (TPSA) is 92.4 Å². The lowest BCUT2D eigenvalue weighted by molar-refractivity contribution is -0.138. The first kappa shape index (κ1) is 14.5. The minimum atomic E-state index is -0.942. The molecule has 0 aromatic heterocycles. The van der Waals surface area contributed by atoms with E-state index >= 15 is 0 Å². The lowest BCUT2D eigenvalue weighted by Crippen LogP contribution is -2.50. The number of aliphatic carboxylic acids is 1. The van der Waals surface area contributed by atoms with Crippen LogP contribution >= 0.6 is 0 Å². The van der Waals surface area contributed by atoms with Crippen LogP contribution < -0.4 is 11.1 Å². The van der Waals surface area contributed by atoms with Crippen molar-refractivity contribution in [2.75, 3.05) is 6.54 Å². The highest BCUT2D eigenvalue weighted by atomic mass is 16.4. The quantitative estimate of drug-likeness (QED) is 0.729. The van der Waals surface area contributed by atoms with Gasteiger partial charge in [-0.2, -0.15) is 0 Å². The summed E-state index contributed by atoms with van der Waals surface area (Å²) in [6, 6.07) is 8.91. The van der Waals surface area contributed by atoms with Crippen LogP contribution in [0.1, 0.15) is 37.2 Å². The largest absolute Gasteiger partial charge is 0.481 e. The zero-order chi connectivity index (χ0) is 14.6. The predicted molar refractivity (Wildman–Crippen MR) is 75.2 cm³/mol. The molecule has 1 amide bonds. The van der Waals surface area contributed by atoms with E-state index in [1.165, 1.54) is 0 Å². The van der Waals surface area contributed by atoms with Crippen LogP contribution in [0.25, 0.3) is 0 Å². The van der Waals surface area contributed by atoms with Gasteiger partial charge in [-0.05, 0) is 24.8 Å². The van der Waals surface area contributed by atoms with Crippen molar-refractivity contribution in [3.8, 4) is 0 Å². The van der Waals surface area contributed by atoms with Crippen molar-refractivity contribution < 1.29 is 14.7 Å². The number of carbonyl (C=O) groups is 2. The van der Waals surface area contributed by atoms with E-state index in [2.05, 4.69) is 5.32 Å². The summed E-state index contributed by atoms with van der Waals surface area (Å²) in [6.07, 6.45) is 3.06. The van der Waals surface area contributed by atoms with Crippen molar-refractivity contribution in [1.29, 1.82) is 0 Å². The average Bonchev–Trinajstić information content (AvgIpc) is 2.38. The van der Waals surface area contributed by atoms with E-state index in [1.807, 2.05) is 6.07 Å². The second-order valence-electron chi connectivity index (χ2n) is 5.50. The number of hydrogen-bond donors (Lipinski definition) is 3. The van der Waals surface area contributed by atoms with Gasteiger partial charge in [-0.1, -0.05) is 30.3 Å². The molecule has 0 radical (unpaired) electrons. The Morgan fingerprint density at radius 2 is 1.95 bits per heavy atom. The lowest BCUT2D eigenvalue weighted by atomic mass is 9.75. The Hall–Kier alpha value is -1.88. The number of hydrogen-bond acceptors (Lipinski definition) is 3. The molecule has 2 rings (SSSR count). The fourth-order valence-electron chi connectivity index (χ4n) is 2.44. The number of amides is 1. The van der Waals surface area contributed by atoms with Crippen LogP contribution in [0.3, 0.4) is 0 Å². The van der Waals surface area contributed by atoms with Crippen molar-refractivity contribution in [2.45, 2.75) is 37.1 Å². The molecular formula is C15H20N2O3. The van der Waals surface area contributed by atoms with E-state index in [-0.39, 0.29) is 24.4 Å². The summed E-state index contributed by atoms with van der Waals surface area (Å²) < 4.78 is 0. The summed E-state index contributed by atoms with van der Waals surface area (Å²) in [7, 11) is 0. The molecule has 0 heterocycles. The summed E-state index contributed by atoms with van der Waals surface area (Å²) in [5.74, 6) is -1.84. The highest BCUT2D eigenvalue weighted by Gasteiger charge is 2.34. The number of carbonyl (C=O) groups excluding carboxylic acids is 1. The Morgan fingerprint density at radius 1 is 1.30 bits per heavy atom. The van der Waals surface area contributed by atoms with Crippen LogP contribution in [-0.4, -0.2) is 29.1 Å². The smallest absolute Gasteiger partial charge is 0.312 e. The second kappa shape index (κ2) is 6.05. The molecule has 20 heavy (non-hydrogen) atoms. The Labute approximate surface area is 118 Å². The molecule has 0 bridgehead atoms. The van der Waals surface area contributed by atoms with Crippen LogP contribution in [0.4, 0.5) is 0 Å². The monoisotopic (exact) mass is 276 g/mol. The molecule has 4 N–H and O–H groups in total. The molecule has 1 aromatic rings. The van der Waals surface area contributed by atoms with Gasteiger partial charge in [0.1, 0.15) is 0 Å². The number of rotatable bonds is 6. The molecule has 1 fully saturated rings. The number of nitrogens with one attached hydrogen (secondary N) is 1. The molecule has 1 atom stereocenters. The third-order valence-electron chi connectivity index (χ3n) is 3.87. The van der Waals surface area contributed by atoms with Gasteiger partial charge in [-0.25, -0.2) is 0 Å². The summed E-state index contributed by atoms with van der Waals surface area (Å²) in [5, 5.41) is 11.9. The maximum absolute atomic E-state index is 11.8. The van der Waals surface area contributed by atoms with Crippen LogP contribution in [0.2, 0.25) is 0 Å². The van der Waals surface area contributed by atoms with Crippen molar-refractivity contribution in [1.82, 2.24) is 5.32 Å². The van der Waals surface area contributed by atoms with Gasteiger partial charge in [0.25, 0.3) is 0 Å². The van der Waals surface area contributed by atoms with E-state index in [0.29, 0.717) is 5.56 Å². The van der Waals surface area contributed by atoms with Gasteiger partial charge in [0.2, 0.25) is 5.91 Å². The van der Waals surface area contributed by atoms with Crippen LogP contribution in [0.15, 0.2) is 30.3 Å². The van der Waals surface area contributed by atoms with E-state index < -0.39 is 11.9 Å². The molecule has 0 aliphatic heterocycles. The van der Waals surface area contributed by atoms with Crippen molar-refractivity contribution >= 4 is 11.9 Å². The van der Waals surface area contributed by atoms with Gasteiger partial charge in [-0.15, -0.1) is 0 Å². The Balaban J connectivity index is 1.89. The van der Waals surface area contributed by atoms with Crippen LogP contribution in [0, 0.1) is 0 Å². The molecular weight excluding hydrogens is 256 g/mol. The highest BCUT2D eigenvalue weighted by Crippen LogP contribution is 2.31. The number of carboxylic acid groups (broad SMARTS) is 1. The Bertz CT molecular complexity index is 483. The van der Waals surface area contributed by atoms with Crippen LogP contribution in [-0.2, 0) is 9.59 Å². The molecule has 1 aromatic carbocycles. The zero-order valence-corrected chi connectivity index (χ0v) is 11.3. The second-order valence-corrected chi connectivity index (χ2v) is 5.50. The highest BCUT2D eigenvalue weighted by molar-refractivity contribution is 5.80. The van der Waals surface area contributed by atoms with Gasteiger partial charge in [0, 0.05) is 18.5 Å². The molecule has 1 aliphatic rings. The SMILES string of the molecule is NC1(CC(=O)NCC(C(=O)O)c2ccccc2)CCC1. The van der Waals surface area contributed by atoms with Crippen molar-refractivity contribution in [3.05, 3.63) is 35.9 Å². The van der Waals surface area contributed by atoms with Gasteiger partial charge in [0.15, 0.2) is 0 Å². The van der Waals surface area contributed by atoms with Gasteiger partial charge in [0.05, 0.1) is 5.92 Å². The fraction of sp³-hybridized carbons (Fsp3) is 0.467. The van der Waals surface area contributed by atoms with E-state index in [9.17, 15) is 14.7 Å². The first-order chi connectivity index (χ1) is 9.50. The number of benzene rings is 1. The Kier molecular flexibility index (Phi) is 4.39. The van der Waals surface area contributed by atoms with Crippen molar-refractivity contribution in [2.24, 2.45) is 5.73 Å². The average molecular weight is 276 g/mol. The molecule has 1 unspecified atom stereocenters. The number of carboxylic acids is 1. The molecule has 1 saturated carbocycles. The number of nitrogens with two attached hydrogens (primary N) is 1. The van der Waals surface area contributed by atoms with E-state index in [0.717, 1.165) is 19.3 Å². The molecule has 0 spiro atoms. The maximum atomic E-state index is 11.8. The standard InChI is InChI=1S/C15H20N2O3/c16-15(7-4-8-15)9-13(18)17-10-12(14(19)20)11-5-2-1-3-6-11/h1-3,5-6,12H,4,7-10,16H2,(H,17,18)(H,19,20). The third kappa shape index (κ3) is 3.57. The van der Waals surface area contributed by atoms with E-state index in [4.69, 9.17) is 5.73 Å². The summed E-state index contributed by atoms with van der Waals surface area (Å²) in [4.78, 5) is 23.1. The van der Waals surface area contributed by atoms with Gasteiger partial charge in [-0.3, -0.25) is 9.59 Å². The summed E-state index contributed by atoms with van der Waals surface area (Å²) in [5.41, 5.74) is 6.31. The lowest BCUT2D eigenvalue weighted by Gasteiger charge is -2.37. The molecule has 5 heteroatoms. The maximum Gasteiger partial charge on any atom is 0.312 e. The molecule has 108 valence electrons. The minimum Gasteiger partial charge on any atom is -0.481 e. The third-order valence-corrected chi connectivity index (χ3v) is 3.87. The predicted octanol–water partition coefficient (Wildman–Crippen LogP) is 1.24. The first-order valence-corrected chi connectivity index (χ1v) is 6.83. The normalized spacial score (nSPS) is 17.9. The summed E-state index contributed by atoms with van der Waals surface area (Å²) in [6.45, 7) is 0.0915. The Morgan fingerprint density at radius 3 is 2.45 bits per heavy atom. The van der Waals surface area contributed by atoms with Gasteiger partial charge < -0.3 is 16.2 Å². The van der Waals surface area contributed by atoms with Gasteiger partial charge >= 0.3 is 5.97 Å². The molecule has 5 nitrogen and oxygen atoms in total. The summed E-state index contributed by atoms with van der Waals surface area (Å²) >= 11 is 0. The fourth-order valence-corrected chi connectivity index (χ4v) is 2.44.